The fraction of sp³-hybridized carbons (Fsp3) is 0.391. The summed E-state index contributed by atoms with van der Waals surface area (Å²) in [5, 5.41) is 60.8. The number of phenols is 4. The fourth-order valence-corrected chi connectivity index (χ4v) is 4.12. The molecule has 12 heteroatoms. The average Bonchev–Trinajstić information content (AvgIpc) is 2.77. The zero-order valence-corrected chi connectivity index (χ0v) is 18.6. The second-order valence-electron chi connectivity index (χ2n) is 8.31. The van der Waals surface area contributed by atoms with E-state index in [0.717, 1.165) is 31.2 Å². The van der Waals surface area contributed by atoms with Crippen molar-refractivity contribution in [3.63, 3.8) is 0 Å². The first-order valence-electron chi connectivity index (χ1n) is 10.6. The molecule has 0 amide bonds. The maximum atomic E-state index is 13.4. The van der Waals surface area contributed by atoms with Crippen LogP contribution in [0.25, 0.3) is 0 Å². The normalized spacial score (nSPS) is 30.3. The Morgan fingerprint density at radius 2 is 1.69 bits per heavy atom. The van der Waals surface area contributed by atoms with Gasteiger partial charge in [0.2, 0.25) is 5.78 Å². The van der Waals surface area contributed by atoms with Gasteiger partial charge in [-0.25, -0.2) is 0 Å². The Labute approximate surface area is 198 Å². The van der Waals surface area contributed by atoms with E-state index < -0.39 is 71.9 Å². The van der Waals surface area contributed by atoms with Crippen LogP contribution in [-0.4, -0.2) is 79.2 Å². The Balaban J connectivity index is 1.70. The molecule has 35 heavy (non-hydrogen) atoms. The minimum absolute atomic E-state index is 0.168. The molecule has 6 N–H and O–H groups in total. The number of esters is 1. The number of carbonyl (C=O) groups is 2. The average molecular weight is 492 g/mol. The number of hydrogen-bond acceptors (Lipinski definition) is 12. The monoisotopic (exact) mass is 492 g/mol. The van der Waals surface area contributed by atoms with Crippen molar-refractivity contribution in [2.45, 2.75) is 56.8 Å². The highest BCUT2D eigenvalue weighted by molar-refractivity contribution is 6.05. The number of aliphatic hydroxyl groups is 2. The van der Waals surface area contributed by atoms with Gasteiger partial charge < -0.3 is 49.6 Å². The zero-order valence-electron chi connectivity index (χ0n) is 18.6. The summed E-state index contributed by atoms with van der Waals surface area (Å²) < 4.78 is 22.2. The topological polar surface area (TPSA) is 192 Å². The number of benzene rings is 2. The van der Waals surface area contributed by atoms with Crippen LogP contribution in [0.5, 0.6) is 28.7 Å². The molecule has 1 fully saturated rings. The van der Waals surface area contributed by atoms with Gasteiger partial charge >= 0.3 is 5.97 Å². The molecule has 188 valence electrons. The Morgan fingerprint density at radius 3 is 2.34 bits per heavy atom. The van der Waals surface area contributed by atoms with Crippen LogP contribution in [0.2, 0.25) is 0 Å². The molecule has 7 atom stereocenters. The molecule has 0 spiro atoms. The zero-order chi connectivity index (χ0) is 25.6. The maximum absolute atomic E-state index is 13.4. The summed E-state index contributed by atoms with van der Waals surface area (Å²) >= 11 is 0. The second-order valence-corrected chi connectivity index (χ2v) is 8.31. The van der Waals surface area contributed by atoms with Crippen LogP contribution in [-0.2, 0) is 19.0 Å². The minimum atomic E-state index is -1.74. The van der Waals surface area contributed by atoms with Crippen molar-refractivity contribution < 1.29 is 59.2 Å². The lowest BCUT2D eigenvalue weighted by molar-refractivity contribution is -0.306. The molecular weight excluding hydrogens is 468 g/mol. The lowest BCUT2D eigenvalue weighted by Gasteiger charge is -2.43. The first kappa shape index (κ1) is 24.5. The number of ether oxygens (including phenoxy) is 4. The van der Waals surface area contributed by atoms with Gasteiger partial charge in [-0.15, -0.1) is 0 Å². The summed E-state index contributed by atoms with van der Waals surface area (Å²) in [4.78, 5) is 24.7. The van der Waals surface area contributed by atoms with Crippen molar-refractivity contribution in [2.75, 3.05) is 0 Å². The van der Waals surface area contributed by atoms with Gasteiger partial charge in [0.1, 0.15) is 35.0 Å². The smallest absolute Gasteiger partial charge is 0.303 e. The highest BCUT2D eigenvalue weighted by atomic mass is 16.7. The summed E-state index contributed by atoms with van der Waals surface area (Å²) in [6, 6.07) is 5.68. The molecule has 4 rings (SSSR count). The van der Waals surface area contributed by atoms with E-state index in [2.05, 4.69) is 0 Å². The number of hydrogen-bond donors (Lipinski definition) is 6. The molecule has 2 aliphatic heterocycles. The highest BCUT2D eigenvalue weighted by Crippen LogP contribution is 2.44. The third-order valence-corrected chi connectivity index (χ3v) is 5.79. The van der Waals surface area contributed by atoms with E-state index in [0.29, 0.717) is 0 Å². The van der Waals surface area contributed by atoms with E-state index in [-0.39, 0.29) is 22.6 Å². The number of phenolic OH excluding ortho intramolecular Hbond substituents is 4. The molecule has 0 radical (unpaired) electrons. The van der Waals surface area contributed by atoms with Crippen LogP contribution in [0.3, 0.4) is 0 Å². The van der Waals surface area contributed by atoms with Gasteiger partial charge in [-0.2, -0.15) is 0 Å². The molecule has 12 nitrogen and oxygen atoms in total. The van der Waals surface area contributed by atoms with E-state index >= 15 is 0 Å². The Bertz CT molecular complexity index is 1150. The quantitative estimate of drug-likeness (QED) is 0.258. The summed E-state index contributed by atoms with van der Waals surface area (Å²) in [7, 11) is 0. The number of aromatic hydroxyl groups is 4. The van der Waals surface area contributed by atoms with E-state index in [4.69, 9.17) is 18.9 Å². The van der Waals surface area contributed by atoms with Crippen LogP contribution < -0.4 is 4.74 Å². The van der Waals surface area contributed by atoms with Crippen LogP contribution >= 0.6 is 0 Å². The summed E-state index contributed by atoms with van der Waals surface area (Å²) in [6.07, 6.45) is -9.94. The third kappa shape index (κ3) is 4.56. The third-order valence-electron chi connectivity index (χ3n) is 5.79. The standard InChI is InChI=1S/C23H24O12/c1-8-20(33-9(2)24)18(30)19(31)23(32-8)35-22-17(29)16-14(28)6-11(25)7-15(16)34-21(22)10-3-4-12(26)13(27)5-10/h3-8,18-23,25-28,30-31H,1-2H3. The Kier molecular flexibility index (Phi) is 6.47. The predicted molar refractivity (Wildman–Crippen MR) is 114 cm³/mol. The van der Waals surface area contributed by atoms with Gasteiger partial charge in [-0.05, 0) is 24.6 Å². The first-order chi connectivity index (χ1) is 16.5. The number of ketones is 1. The molecule has 7 unspecified atom stereocenters. The molecular formula is C23H24O12. The maximum Gasteiger partial charge on any atom is 0.303 e. The number of Topliss-reactive ketones (excluding diaryl/α,β-unsaturated/α-hetero) is 1. The highest BCUT2D eigenvalue weighted by Gasteiger charge is 2.49. The first-order valence-corrected chi connectivity index (χ1v) is 10.6. The van der Waals surface area contributed by atoms with E-state index in [1.54, 1.807) is 0 Å². The largest absolute Gasteiger partial charge is 0.508 e. The Morgan fingerprint density at radius 1 is 0.971 bits per heavy atom. The van der Waals surface area contributed by atoms with Gasteiger partial charge in [0.25, 0.3) is 0 Å². The number of aliphatic hydroxyl groups excluding tert-OH is 2. The summed E-state index contributed by atoms with van der Waals surface area (Å²) in [6.45, 7) is 2.60. The molecule has 1 saturated heterocycles. The molecule has 0 bridgehead atoms. The predicted octanol–water partition coefficient (Wildman–Crippen LogP) is 0.609. The molecule has 2 heterocycles. The van der Waals surface area contributed by atoms with Crippen molar-refractivity contribution in [3.05, 3.63) is 41.5 Å². The molecule has 0 aromatic heterocycles. The van der Waals surface area contributed by atoms with Crippen molar-refractivity contribution in [1.29, 1.82) is 0 Å². The number of fused-ring (bicyclic) bond motifs is 1. The number of rotatable bonds is 4. The second kappa shape index (κ2) is 9.23. The van der Waals surface area contributed by atoms with Gasteiger partial charge in [0, 0.05) is 19.1 Å². The Hall–Kier alpha value is -3.58. The minimum Gasteiger partial charge on any atom is -0.508 e. The fourth-order valence-electron chi connectivity index (χ4n) is 4.12. The van der Waals surface area contributed by atoms with Crippen LogP contribution in [0.1, 0.15) is 35.9 Å². The van der Waals surface area contributed by atoms with Gasteiger partial charge in [-0.3, -0.25) is 9.59 Å². The summed E-state index contributed by atoms with van der Waals surface area (Å²) in [5.41, 5.74) is -0.132. The van der Waals surface area contributed by atoms with Crippen molar-refractivity contribution >= 4 is 11.8 Å². The lowest BCUT2D eigenvalue weighted by atomic mass is 9.92. The van der Waals surface area contributed by atoms with Gasteiger partial charge in [-0.1, -0.05) is 6.07 Å². The van der Waals surface area contributed by atoms with Gasteiger partial charge in [0.05, 0.1) is 6.10 Å². The van der Waals surface area contributed by atoms with Crippen molar-refractivity contribution in [3.8, 4) is 28.7 Å². The summed E-state index contributed by atoms with van der Waals surface area (Å²) in [5.74, 6) is -3.57. The van der Waals surface area contributed by atoms with E-state index in [1.165, 1.54) is 13.0 Å². The molecule has 0 aliphatic carbocycles. The molecule has 2 aromatic carbocycles. The van der Waals surface area contributed by atoms with Crippen LogP contribution in [0.4, 0.5) is 0 Å². The van der Waals surface area contributed by atoms with Crippen molar-refractivity contribution in [2.24, 2.45) is 0 Å². The van der Waals surface area contributed by atoms with Crippen LogP contribution in [0.15, 0.2) is 30.3 Å². The molecule has 2 aliphatic rings. The molecule has 0 saturated carbocycles. The SMILES string of the molecule is CC(=O)OC1C(C)OC(OC2C(=O)c3c(O)cc(O)cc3OC2c2ccc(O)c(O)c2)C(O)C1O. The van der Waals surface area contributed by atoms with E-state index in [1.807, 2.05) is 0 Å². The van der Waals surface area contributed by atoms with Crippen LogP contribution in [0, 0.1) is 0 Å². The lowest BCUT2D eigenvalue weighted by Crippen LogP contribution is -2.60. The van der Waals surface area contributed by atoms with Crippen molar-refractivity contribution in [1.82, 2.24) is 0 Å². The molecule has 2 aromatic rings. The van der Waals surface area contributed by atoms with E-state index in [9.17, 15) is 40.2 Å². The van der Waals surface area contributed by atoms with Gasteiger partial charge in [0.15, 0.2) is 36.1 Å². The number of carbonyl (C=O) groups excluding carboxylic acids is 2.